The van der Waals surface area contributed by atoms with Crippen LogP contribution in [0.1, 0.15) is 48.6 Å². The Balaban J connectivity index is 1.56. The molecule has 3 heterocycles. The van der Waals surface area contributed by atoms with E-state index in [0.717, 1.165) is 30.1 Å². The Bertz CT molecular complexity index is 774. The van der Waals surface area contributed by atoms with Crippen LogP contribution in [0.2, 0.25) is 0 Å². The Morgan fingerprint density at radius 3 is 2.62 bits per heavy atom. The highest BCUT2D eigenvalue weighted by Gasteiger charge is 2.35. The van der Waals surface area contributed by atoms with E-state index in [1.165, 1.54) is 24.8 Å². The summed E-state index contributed by atoms with van der Waals surface area (Å²) in [6.07, 6.45) is 5.95. The number of hydrogen-bond acceptors (Lipinski definition) is 4. The largest absolute Gasteiger partial charge is 0.467 e. The maximum absolute atomic E-state index is 13.0. The highest BCUT2D eigenvalue weighted by atomic mass is 16.3. The molecule has 0 radical (unpaired) electrons. The van der Waals surface area contributed by atoms with Gasteiger partial charge in [0, 0.05) is 6.42 Å². The molecule has 2 aromatic rings. The van der Waals surface area contributed by atoms with E-state index in [1.54, 1.807) is 11.3 Å². The van der Waals surface area contributed by atoms with E-state index in [4.69, 9.17) is 9.52 Å². The van der Waals surface area contributed by atoms with Crippen LogP contribution < -0.4 is 0 Å². The Morgan fingerprint density at radius 1 is 1.15 bits per heavy atom. The summed E-state index contributed by atoms with van der Waals surface area (Å²) in [4.78, 5) is 15.2. The lowest BCUT2D eigenvalue weighted by Crippen LogP contribution is -2.40. The van der Waals surface area contributed by atoms with Crippen LogP contribution >= 0.6 is 0 Å². The van der Waals surface area contributed by atoms with Crippen LogP contribution in [0.4, 0.5) is 0 Å². The maximum Gasteiger partial charge on any atom is 0.257 e. The van der Waals surface area contributed by atoms with Crippen molar-refractivity contribution in [1.82, 2.24) is 9.91 Å². The zero-order chi connectivity index (χ0) is 17.9. The van der Waals surface area contributed by atoms with Crippen molar-refractivity contribution >= 4 is 11.6 Å². The molecule has 1 atom stereocenters. The number of furan rings is 1. The number of hydrazone groups is 1. The number of likely N-dealkylation sites (tertiary alicyclic amines) is 1. The van der Waals surface area contributed by atoms with Crippen LogP contribution in [-0.4, -0.2) is 41.2 Å². The van der Waals surface area contributed by atoms with Crippen LogP contribution in [0.15, 0.2) is 52.2 Å². The Morgan fingerprint density at radius 2 is 1.92 bits per heavy atom. The molecule has 136 valence electrons. The molecule has 5 nitrogen and oxygen atoms in total. The molecule has 0 saturated carbocycles. The smallest absolute Gasteiger partial charge is 0.257 e. The molecule has 26 heavy (non-hydrogen) atoms. The van der Waals surface area contributed by atoms with E-state index in [1.807, 2.05) is 12.1 Å². The minimum absolute atomic E-state index is 0.0513. The zero-order valence-electron chi connectivity index (χ0n) is 15.2. The molecule has 2 aliphatic rings. The third kappa shape index (κ3) is 3.58. The summed E-state index contributed by atoms with van der Waals surface area (Å²) in [5.74, 6) is 0.846. The van der Waals surface area contributed by atoms with Crippen molar-refractivity contribution in [2.24, 2.45) is 5.10 Å². The fraction of sp³-hybridized carbons (Fsp3) is 0.429. The Kier molecular flexibility index (Phi) is 4.89. The SMILES string of the molecule is Cc1ccc(C2=NN(C(=O)CN3CCCCC3)[C@H](c3ccco3)C2)cc1. The number of aryl methyl sites for hydroxylation is 1. The van der Waals surface area contributed by atoms with Crippen LogP contribution in [0, 0.1) is 6.92 Å². The summed E-state index contributed by atoms with van der Waals surface area (Å²) in [6, 6.07) is 12.0. The van der Waals surface area contributed by atoms with Gasteiger partial charge in [-0.2, -0.15) is 5.10 Å². The average Bonchev–Trinajstić information content (AvgIpc) is 3.33. The predicted octanol–water partition coefficient (Wildman–Crippen LogP) is 3.75. The monoisotopic (exact) mass is 351 g/mol. The second-order valence-electron chi connectivity index (χ2n) is 7.22. The molecule has 0 N–H and O–H groups in total. The van der Waals surface area contributed by atoms with Gasteiger partial charge in [-0.3, -0.25) is 9.69 Å². The number of rotatable bonds is 4. The molecular weight excluding hydrogens is 326 g/mol. The highest BCUT2D eigenvalue weighted by molar-refractivity contribution is 6.03. The molecule has 0 unspecified atom stereocenters. The summed E-state index contributed by atoms with van der Waals surface area (Å²) in [6.45, 7) is 4.50. The summed E-state index contributed by atoms with van der Waals surface area (Å²) >= 11 is 0. The van der Waals surface area contributed by atoms with Gasteiger partial charge in [-0.1, -0.05) is 36.2 Å². The normalized spacial score (nSPS) is 21.0. The number of amides is 1. The standard InChI is InChI=1S/C21H25N3O2/c1-16-7-9-17(10-8-16)18-14-19(20-6-5-13-26-20)24(22-18)21(25)15-23-11-3-2-4-12-23/h5-10,13,19H,2-4,11-12,14-15H2,1H3/t19-/m0/s1. The molecule has 0 aliphatic carbocycles. The van der Waals surface area contributed by atoms with Crippen LogP contribution in [0.3, 0.4) is 0 Å². The molecular formula is C21H25N3O2. The van der Waals surface area contributed by atoms with Crippen molar-refractivity contribution < 1.29 is 9.21 Å². The number of hydrogen-bond donors (Lipinski definition) is 0. The number of carbonyl (C=O) groups is 1. The Hall–Kier alpha value is -2.40. The lowest BCUT2D eigenvalue weighted by Gasteiger charge is -2.28. The third-order valence-corrected chi connectivity index (χ3v) is 5.23. The number of carbonyl (C=O) groups excluding carboxylic acids is 1. The number of benzene rings is 1. The molecule has 1 aromatic carbocycles. The van der Waals surface area contributed by atoms with Gasteiger partial charge in [-0.15, -0.1) is 0 Å². The molecule has 1 aromatic heterocycles. The van der Waals surface area contributed by atoms with Crippen LogP contribution in [-0.2, 0) is 4.79 Å². The fourth-order valence-electron chi connectivity index (χ4n) is 3.74. The summed E-state index contributed by atoms with van der Waals surface area (Å²) in [7, 11) is 0. The van der Waals surface area contributed by atoms with Crippen LogP contribution in [0.5, 0.6) is 0 Å². The lowest BCUT2D eigenvalue weighted by molar-refractivity contribution is -0.134. The Labute approximate surface area is 154 Å². The average molecular weight is 351 g/mol. The van der Waals surface area contributed by atoms with Crippen molar-refractivity contribution in [1.29, 1.82) is 0 Å². The molecule has 1 fully saturated rings. The van der Waals surface area contributed by atoms with E-state index < -0.39 is 0 Å². The first kappa shape index (κ1) is 17.0. The highest BCUT2D eigenvalue weighted by Crippen LogP contribution is 2.33. The molecule has 2 aliphatic heterocycles. The second-order valence-corrected chi connectivity index (χ2v) is 7.22. The van der Waals surface area contributed by atoms with Gasteiger partial charge >= 0.3 is 0 Å². The third-order valence-electron chi connectivity index (χ3n) is 5.23. The lowest BCUT2D eigenvalue weighted by atomic mass is 10.0. The van der Waals surface area contributed by atoms with Gasteiger partial charge < -0.3 is 4.42 Å². The number of nitrogens with zero attached hydrogens (tertiary/aromatic N) is 3. The van der Waals surface area contributed by atoms with E-state index in [2.05, 4.69) is 36.1 Å². The molecule has 5 heteroatoms. The quantitative estimate of drug-likeness (QED) is 0.843. The minimum atomic E-state index is -0.154. The van der Waals surface area contributed by atoms with Gasteiger partial charge in [0.15, 0.2) is 0 Å². The molecule has 1 amide bonds. The van der Waals surface area contributed by atoms with E-state index in [0.29, 0.717) is 13.0 Å². The van der Waals surface area contributed by atoms with Crippen molar-refractivity contribution in [3.8, 4) is 0 Å². The number of piperidine rings is 1. The van der Waals surface area contributed by atoms with Gasteiger partial charge in [0.1, 0.15) is 11.8 Å². The van der Waals surface area contributed by atoms with E-state index >= 15 is 0 Å². The van der Waals surface area contributed by atoms with Crippen molar-refractivity contribution in [3.05, 3.63) is 59.5 Å². The van der Waals surface area contributed by atoms with Gasteiger partial charge in [-0.25, -0.2) is 5.01 Å². The van der Waals surface area contributed by atoms with E-state index in [9.17, 15) is 4.79 Å². The molecule has 0 bridgehead atoms. The molecule has 0 spiro atoms. The van der Waals surface area contributed by atoms with Gasteiger partial charge in [0.05, 0.1) is 18.5 Å². The second kappa shape index (κ2) is 7.46. The van der Waals surface area contributed by atoms with Crippen molar-refractivity contribution in [2.75, 3.05) is 19.6 Å². The molecule has 4 rings (SSSR count). The van der Waals surface area contributed by atoms with Gasteiger partial charge in [0.2, 0.25) is 0 Å². The van der Waals surface area contributed by atoms with Crippen molar-refractivity contribution in [2.45, 2.75) is 38.6 Å². The van der Waals surface area contributed by atoms with Gasteiger partial charge in [-0.05, 0) is 50.6 Å². The zero-order valence-corrected chi connectivity index (χ0v) is 15.2. The summed E-state index contributed by atoms with van der Waals surface area (Å²) < 4.78 is 5.61. The maximum atomic E-state index is 13.0. The molecule has 1 saturated heterocycles. The minimum Gasteiger partial charge on any atom is -0.467 e. The first-order chi connectivity index (χ1) is 12.7. The first-order valence-electron chi connectivity index (χ1n) is 9.43. The van der Waals surface area contributed by atoms with Crippen molar-refractivity contribution in [3.63, 3.8) is 0 Å². The van der Waals surface area contributed by atoms with Crippen LogP contribution in [0.25, 0.3) is 0 Å². The fourth-order valence-corrected chi connectivity index (χ4v) is 3.74. The first-order valence-corrected chi connectivity index (χ1v) is 9.43. The topological polar surface area (TPSA) is 49.1 Å². The predicted molar refractivity (Wildman–Crippen MR) is 101 cm³/mol. The van der Waals surface area contributed by atoms with Gasteiger partial charge in [0.25, 0.3) is 5.91 Å². The summed E-state index contributed by atoms with van der Waals surface area (Å²) in [5, 5.41) is 6.35. The van der Waals surface area contributed by atoms with E-state index in [-0.39, 0.29) is 11.9 Å². The summed E-state index contributed by atoms with van der Waals surface area (Å²) in [5.41, 5.74) is 3.23.